The molecule has 1 atom stereocenters. The summed E-state index contributed by atoms with van der Waals surface area (Å²) in [5, 5.41) is 11.7. The van der Waals surface area contributed by atoms with Crippen LogP contribution in [-0.4, -0.2) is 29.6 Å². The highest BCUT2D eigenvalue weighted by Gasteiger charge is 2.49. The van der Waals surface area contributed by atoms with Crippen molar-refractivity contribution in [2.75, 3.05) is 6.54 Å². The number of carbonyl (C=O) groups is 2. The number of rotatable bonds is 5. The SMILES string of the molecule is CC(C)(C)C(CC(=O)O)NC(=O)C1(CN)CC1. The van der Waals surface area contributed by atoms with Crippen molar-refractivity contribution in [3.63, 3.8) is 0 Å². The standard InChI is InChI=1S/C12H22N2O3/c1-11(2,3)8(6-9(15)16)14-10(17)12(7-13)4-5-12/h8H,4-7,13H2,1-3H3,(H,14,17)(H,15,16). The van der Waals surface area contributed by atoms with Gasteiger partial charge in [0.15, 0.2) is 0 Å². The molecule has 98 valence electrons. The molecular weight excluding hydrogens is 220 g/mol. The number of hydrogen-bond donors (Lipinski definition) is 3. The number of hydrogen-bond acceptors (Lipinski definition) is 3. The predicted octanol–water partition coefficient (Wildman–Crippen LogP) is 0.731. The summed E-state index contributed by atoms with van der Waals surface area (Å²) in [5.41, 5.74) is 4.87. The van der Waals surface area contributed by atoms with Crippen molar-refractivity contribution in [2.24, 2.45) is 16.6 Å². The van der Waals surface area contributed by atoms with Gasteiger partial charge in [-0.2, -0.15) is 0 Å². The Hall–Kier alpha value is -1.10. The van der Waals surface area contributed by atoms with Crippen LogP contribution < -0.4 is 11.1 Å². The van der Waals surface area contributed by atoms with E-state index in [4.69, 9.17) is 10.8 Å². The molecule has 1 aliphatic carbocycles. The molecule has 1 amide bonds. The first-order valence-corrected chi connectivity index (χ1v) is 5.94. The first-order valence-electron chi connectivity index (χ1n) is 5.94. The van der Waals surface area contributed by atoms with Gasteiger partial charge in [0, 0.05) is 12.6 Å². The third-order valence-corrected chi connectivity index (χ3v) is 3.46. The molecule has 4 N–H and O–H groups in total. The lowest BCUT2D eigenvalue weighted by Crippen LogP contribution is -2.49. The Kier molecular flexibility index (Phi) is 3.81. The first-order chi connectivity index (χ1) is 7.71. The quantitative estimate of drug-likeness (QED) is 0.662. The minimum Gasteiger partial charge on any atom is -0.481 e. The van der Waals surface area contributed by atoms with E-state index in [1.807, 2.05) is 20.8 Å². The Balaban J connectivity index is 2.67. The minimum absolute atomic E-state index is 0.0596. The summed E-state index contributed by atoms with van der Waals surface area (Å²) in [6, 6.07) is -0.364. The molecule has 0 radical (unpaired) electrons. The molecule has 1 rings (SSSR count). The second-order valence-corrected chi connectivity index (χ2v) is 5.97. The van der Waals surface area contributed by atoms with E-state index in [9.17, 15) is 9.59 Å². The molecule has 0 saturated heterocycles. The van der Waals surface area contributed by atoms with Gasteiger partial charge in [-0.1, -0.05) is 20.8 Å². The van der Waals surface area contributed by atoms with Crippen LogP contribution in [0.5, 0.6) is 0 Å². The third-order valence-electron chi connectivity index (χ3n) is 3.46. The van der Waals surface area contributed by atoms with Gasteiger partial charge in [0.25, 0.3) is 0 Å². The molecule has 0 bridgehead atoms. The molecule has 1 saturated carbocycles. The van der Waals surface area contributed by atoms with E-state index < -0.39 is 11.4 Å². The molecule has 5 heteroatoms. The zero-order chi connectivity index (χ0) is 13.3. The number of carboxylic acids is 1. The highest BCUT2D eigenvalue weighted by molar-refractivity contribution is 5.86. The fourth-order valence-electron chi connectivity index (χ4n) is 1.73. The van der Waals surface area contributed by atoms with E-state index in [-0.39, 0.29) is 23.8 Å². The van der Waals surface area contributed by atoms with Gasteiger partial charge in [-0.3, -0.25) is 9.59 Å². The van der Waals surface area contributed by atoms with Crippen LogP contribution in [0.2, 0.25) is 0 Å². The number of nitrogens with one attached hydrogen (secondary N) is 1. The number of carbonyl (C=O) groups excluding carboxylic acids is 1. The number of amides is 1. The third kappa shape index (κ3) is 3.43. The van der Waals surface area contributed by atoms with E-state index in [1.54, 1.807) is 0 Å². The largest absolute Gasteiger partial charge is 0.481 e. The predicted molar refractivity (Wildman–Crippen MR) is 64.4 cm³/mol. The van der Waals surface area contributed by atoms with Crippen molar-refractivity contribution >= 4 is 11.9 Å². The summed E-state index contributed by atoms with van der Waals surface area (Å²) in [4.78, 5) is 22.8. The Morgan fingerprint density at radius 2 is 1.94 bits per heavy atom. The smallest absolute Gasteiger partial charge is 0.305 e. The van der Waals surface area contributed by atoms with Gasteiger partial charge in [-0.25, -0.2) is 0 Å². The maximum Gasteiger partial charge on any atom is 0.305 e. The van der Waals surface area contributed by atoms with Crippen molar-refractivity contribution in [3.05, 3.63) is 0 Å². The summed E-state index contributed by atoms with van der Waals surface area (Å²) in [6.07, 6.45) is 1.55. The highest BCUT2D eigenvalue weighted by Crippen LogP contribution is 2.45. The van der Waals surface area contributed by atoms with Crippen LogP contribution in [0.25, 0.3) is 0 Å². The lowest BCUT2D eigenvalue weighted by Gasteiger charge is -2.31. The van der Waals surface area contributed by atoms with Gasteiger partial charge in [-0.15, -0.1) is 0 Å². The van der Waals surface area contributed by atoms with E-state index in [0.717, 1.165) is 12.8 Å². The second kappa shape index (κ2) is 4.64. The Morgan fingerprint density at radius 3 is 2.24 bits per heavy atom. The summed E-state index contributed by atoms with van der Waals surface area (Å²) >= 11 is 0. The fourth-order valence-corrected chi connectivity index (χ4v) is 1.73. The van der Waals surface area contributed by atoms with Crippen LogP contribution in [0.3, 0.4) is 0 Å². The molecular formula is C12H22N2O3. The van der Waals surface area contributed by atoms with E-state index in [1.165, 1.54) is 0 Å². The van der Waals surface area contributed by atoms with Gasteiger partial charge >= 0.3 is 5.97 Å². The highest BCUT2D eigenvalue weighted by atomic mass is 16.4. The Labute approximate surface area is 102 Å². The lowest BCUT2D eigenvalue weighted by molar-refractivity contribution is -0.138. The molecule has 0 spiro atoms. The van der Waals surface area contributed by atoms with Crippen molar-refractivity contribution in [1.29, 1.82) is 0 Å². The molecule has 5 nitrogen and oxygen atoms in total. The van der Waals surface area contributed by atoms with Gasteiger partial charge < -0.3 is 16.2 Å². The van der Waals surface area contributed by atoms with Crippen LogP contribution >= 0.6 is 0 Å². The van der Waals surface area contributed by atoms with Crippen molar-refractivity contribution in [1.82, 2.24) is 5.32 Å². The van der Waals surface area contributed by atoms with Crippen LogP contribution in [0, 0.1) is 10.8 Å². The molecule has 1 unspecified atom stereocenters. The van der Waals surface area contributed by atoms with Gasteiger partial charge in [-0.05, 0) is 18.3 Å². The minimum atomic E-state index is -0.900. The van der Waals surface area contributed by atoms with Crippen molar-refractivity contribution < 1.29 is 14.7 Å². The molecule has 1 fully saturated rings. The normalized spacial score (nSPS) is 19.5. The lowest BCUT2D eigenvalue weighted by atomic mass is 9.84. The monoisotopic (exact) mass is 242 g/mol. The van der Waals surface area contributed by atoms with Gasteiger partial charge in [0.2, 0.25) is 5.91 Å². The van der Waals surface area contributed by atoms with Crippen LogP contribution in [0.1, 0.15) is 40.0 Å². The van der Waals surface area contributed by atoms with Gasteiger partial charge in [0.05, 0.1) is 11.8 Å². The maximum absolute atomic E-state index is 12.0. The van der Waals surface area contributed by atoms with Crippen molar-refractivity contribution in [2.45, 2.75) is 46.1 Å². The zero-order valence-corrected chi connectivity index (χ0v) is 10.7. The molecule has 0 aromatic rings. The average molecular weight is 242 g/mol. The molecule has 1 aliphatic rings. The summed E-state index contributed by atoms with van der Waals surface area (Å²) in [5.74, 6) is -0.996. The first kappa shape index (κ1) is 14.0. The average Bonchev–Trinajstić information content (AvgIpc) is 2.94. The molecule has 17 heavy (non-hydrogen) atoms. The zero-order valence-electron chi connectivity index (χ0n) is 10.7. The summed E-state index contributed by atoms with van der Waals surface area (Å²) < 4.78 is 0. The second-order valence-electron chi connectivity index (χ2n) is 5.97. The molecule has 0 aliphatic heterocycles. The number of aliphatic carboxylic acids is 1. The maximum atomic E-state index is 12.0. The van der Waals surface area contributed by atoms with E-state index >= 15 is 0 Å². The number of nitrogens with two attached hydrogens (primary N) is 1. The van der Waals surface area contributed by atoms with Crippen molar-refractivity contribution in [3.8, 4) is 0 Å². The summed E-state index contributed by atoms with van der Waals surface area (Å²) in [6.45, 7) is 6.09. The molecule has 0 aromatic carbocycles. The number of carboxylic acid groups (broad SMARTS) is 1. The Morgan fingerprint density at radius 1 is 1.41 bits per heavy atom. The van der Waals surface area contributed by atoms with Gasteiger partial charge in [0.1, 0.15) is 0 Å². The summed E-state index contributed by atoms with van der Waals surface area (Å²) in [7, 11) is 0. The van der Waals surface area contributed by atoms with Crippen LogP contribution in [0.15, 0.2) is 0 Å². The van der Waals surface area contributed by atoms with Crippen LogP contribution in [0.4, 0.5) is 0 Å². The molecule has 0 aromatic heterocycles. The van der Waals surface area contributed by atoms with E-state index in [0.29, 0.717) is 6.54 Å². The van der Waals surface area contributed by atoms with Crippen LogP contribution in [-0.2, 0) is 9.59 Å². The molecule has 0 heterocycles. The fraction of sp³-hybridized carbons (Fsp3) is 0.833. The Bertz CT molecular complexity index is 316. The topological polar surface area (TPSA) is 92.4 Å². The van der Waals surface area contributed by atoms with E-state index in [2.05, 4.69) is 5.32 Å².